The van der Waals surface area contributed by atoms with Crippen LogP contribution in [0.1, 0.15) is 12.8 Å². The smallest absolute Gasteiger partial charge is 0.321 e. The largest absolute Gasteiger partial charge is 0.354 e. The van der Waals surface area contributed by atoms with E-state index >= 15 is 0 Å². The number of thiazole rings is 1. The third-order valence-corrected chi connectivity index (χ3v) is 4.04. The summed E-state index contributed by atoms with van der Waals surface area (Å²) in [6, 6.07) is 3.39. The van der Waals surface area contributed by atoms with Crippen LogP contribution in [0.3, 0.4) is 0 Å². The molecule has 3 N–H and O–H groups in total. The normalized spacial score (nSPS) is 17.6. The van der Waals surface area contributed by atoms with E-state index in [1.54, 1.807) is 12.4 Å². The molecule has 0 aliphatic carbocycles. The van der Waals surface area contributed by atoms with Crippen LogP contribution >= 0.6 is 11.3 Å². The zero-order chi connectivity index (χ0) is 15.4. The van der Waals surface area contributed by atoms with Crippen LogP contribution in [0.25, 0.3) is 11.3 Å². The highest BCUT2D eigenvalue weighted by atomic mass is 32.1. The van der Waals surface area contributed by atoms with Crippen LogP contribution in [-0.4, -0.2) is 34.5 Å². The fourth-order valence-corrected chi connectivity index (χ4v) is 2.87. The van der Waals surface area contributed by atoms with Gasteiger partial charge in [-0.2, -0.15) is 0 Å². The van der Waals surface area contributed by atoms with Crippen LogP contribution in [0, 0.1) is 0 Å². The quantitative estimate of drug-likeness (QED) is 0.801. The lowest BCUT2D eigenvalue weighted by Gasteiger charge is -2.23. The van der Waals surface area contributed by atoms with E-state index < -0.39 is 0 Å². The van der Waals surface area contributed by atoms with Gasteiger partial charge in [0.15, 0.2) is 5.13 Å². The Bertz CT molecular complexity index is 663. The van der Waals surface area contributed by atoms with Crippen molar-refractivity contribution in [2.45, 2.75) is 18.9 Å². The Balaban J connectivity index is 1.56. The van der Waals surface area contributed by atoms with Crippen LogP contribution in [0.5, 0.6) is 0 Å². The number of carbonyl (C=O) groups excluding carboxylic acids is 2. The Labute approximate surface area is 131 Å². The van der Waals surface area contributed by atoms with Crippen LogP contribution in [0.2, 0.25) is 0 Å². The third kappa shape index (κ3) is 3.59. The van der Waals surface area contributed by atoms with Gasteiger partial charge in [-0.1, -0.05) is 0 Å². The minimum Gasteiger partial charge on any atom is -0.354 e. The molecule has 1 atom stereocenters. The topological polar surface area (TPSA) is 96.0 Å². The molecule has 114 valence electrons. The minimum atomic E-state index is -0.312. The molecule has 2 aromatic rings. The highest BCUT2D eigenvalue weighted by Gasteiger charge is 2.19. The number of urea groups is 1. The maximum Gasteiger partial charge on any atom is 0.321 e. The molecule has 0 unspecified atom stereocenters. The van der Waals surface area contributed by atoms with E-state index in [1.165, 1.54) is 11.3 Å². The summed E-state index contributed by atoms with van der Waals surface area (Å²) in [4.78, 5) is 31.4. The number of carbonyl (C=O) groups is 2. The molecule has 1 aliphatic heterocycles. The second-order valence-corrected chi connectivity index (χ2v) is 5.78. The van der Waals surface area contributed by atoms with Gasteiger partial charge in [0, 0.05) is 42.3 Å². The van der Waals surface area contributed by atoms with Crippen LogP contribution in [0.4, 0.5) is 9.93 Å². The van der Waals surface area contributed by atoms with Crippen molar-refractivity contribution in [2.24, 2.45) is 0 Å². The fourth-order valence-electron chi connectivity index (χ4n) is 2.15. The van der Waals surface area contributed by atoms with Crippen molar-refractivity contribution < 1.29 is 9.59 Å². The van der Waals surface area contributed by atoms with Gasteiger partial charge in [-0.05, 0) is 18.6 Å². The summed E-state index contributed by atoms with van der Waals surface area (Å²) in [6.45, 7) is 0.463. The van der Waals surface area contributed by atoms with Gasteiger partial charge >= 0.3 is 6.03 Å². The Kier molecular flexibility index (Phi) is 4.29. The summed E-state index contributed by atoms with van der Waals surface area (Å²) in [5.74, 6) is 0.0273. The second kappa shape index (κ2) is 6.52. The predicted octanol–water partition coefficient (Wildman–Crippen LogP) is 1.61. The molecular weight excluding hydrogens is 302 g/mol. The van der Waals surface area contributed by atoms with Crippen molar-refractivity contribution in [1.82, 2.24) is 20.6 Å². The third-order valence-electron chi connectivity index (χ3n) is 3.28. The average molecular weight is 317 g/mol. The summed E-state index contributed by atoms with van der Waals surface area (Å²) in [5.41, 5.74) is 1.68. The maximum atomic E-state index is 11.9. The lowest BCUT2D eigenvalue weighted by atomic mass is 10.1. The highest BCUT2D eigenvalue weighted by molar-refractivity contribution is 7.14. The summed E-state index contributed by atoms with van der Waals surface area (Å²) in [7, 11) is 0. The van der Waals surface area contributed by atoms with Crippen LogP contribution in [-0.2, 0) is 4.79 Å². The fraction of sp³-hybridized carbons (Fsp3) is 0.286. The number of anilines is 1. The number of hydrogen-bond donors (Lipinski definition) is 3. The molecule has 0 radical (unpaired) electrons. The predicted molar refractivity (Wildman–Crippen MR) is 83.5 cm³/mol. The number of amides is 3. The van der Waals surface area contributed by atoms with E-state index in [4.69, 9.17) is 0 Å². The first-order chi connectivity index (χ1) is 10.7. The van der Waals surface area contributed by atoms with Gasteiger partial charge in [-0.25, -0.2) is 9.78 Å². The Hall–Kier alpha value is -2.48. The monoisotopic (exact) mass is 317 g/mol. The minimum absolute atomic E-state index is 0.0273. The first-order valence-electron chi connectivity index (χ1n) is 6.91. The van der Waals surface area contributed by atoms with Crippen molar-refractivity contribution in [2.75, 3.05) is 11.9 Å². The molecule has 8 heteroatoms. The molecule has 7 nitrogen and oxygen atoms in total. The maximum absolute atomic E-state index is 11.9. The lowest BCUT2D eigenvalue weighted by molar-refractivity contribution is -0.122. The summed E-state index contributed by atoms with van der Waals surface area (Å²) < 4.78 is 0. The van der Waals surface area contributed by atoms with Crippen molar-refractivity contribution in [1.29, 1.82) is 0 Å². The standard InChI is InChI=1S/C14H15N5O2S/c20-12-4-3-10(7-16-12)17-13(21)19-14-18-11(8-22-14)9-2-1-5-15-6-9/h1-2,5-6,8,10H,3-4,7H2,(H,16,20)(H2,17,18,19,21)/t10-/m0/s1. The zero-order valence-electron chi connectivity index (χ0n) is 11.7. The van der Waals surface area contributed by atoms with Gasteiger partial charge in [0.1, 0.15) is 0 Å². The Morgan fingerprint density at radius 2 is 2.36 bits per heavy atom. The van der Waals surface area contributed by atoms with Crippen molar-refractivity contribution in [3.05, 3.63) is 29.9 Å². The molecule has 3 heterocycles. The molecule has 1 fully saturated rings. The molecular formula is C14H15N5O2S. The van der Waals surface area contributed by atoms with Gasteiger partial charge in [0.25, 0.3) is 0 Å². The van der Waals surface area contributed by atoms with Crippen molar-refractivity contribution in [3.63, 3.8) is 0 Å². The first-order valence-corrected chi connectivity index (χ1v) is 7.79. The molecule has 3 rings (SSSR count). The number of aromatic nitrogens is 2. The summed E-state index contributed by atoms with van der Waals surface area (Å²) in [6.07, 6.45) is 4.51. The molecule has 0 bridgehead atoms. The number of hydrogen-bond acceptors (Lipinski definition) is 5. The molecule has 2 aromatic heterocycles. The second-order valence-electron chi connectivity index (χ2n) is 4.92. The SMILES string of the molecule is O=C1CC[C@H](NC(=O)Nc2nc(-c3cccnc3)cs2)CN1. The van der Waals surface area contributed by atoms with Crippen LogP contribution < -0.4 is 16.0 Å². The molecule has 1 aliphatic rings. The van der Waals surface area contributed by atoms with Crippen LogP contribution in [0.15, 0.2) is 29.9 Å². The lowest BCUT2D eigenvalue weighted by Crippen LogP contribution is -2.48. The summed E-state index contributed by atoms with van der Waals surface area (Å²) >= 11 is 1.35. The Morgan fingerprint density at radius 1 is 1.45 bits per heavy atom. The molecule has 0 spiro atoms. The van der Waals surface area contributed by atoms with Crippen molar-refractivity contribution in [3.8, 4) is 11.3 Å². The van der Waals surface area contributed by atoms with Gasteiger partial charge in [-0.3, -0.25) is 15.1 Å². The molecule has 1 saturated heterocycles. The van der Waals surface area contributed by atoms with E-state index in [0.717, 1.165) is 11.3 Å². The van der Waals surface area contributed by atoms with E-state index in [0.29, 0.717) is 24.5 Å². The number of rotatable bonds is 3. The number of nitrogens with zero attached hydrogens (tertiary/aromatic N) is 2. The zero-order valence-corrected chi connectivity index (χ0v) is 12.5. The molecule has 0 saturated carbocycles. The van der Waals surface area contributed by atoms with E-state index in [1.807, 2.05) is 17.5 Å². The van der Waals surface area contributed by atoms with E-state index in [2.05, 4.69) is 25.9 Å². The van der Waals surface area contributed by atoms with Gasteiger partial charge < -0.3 is 10.6 Å². The number of nitrogens with one attached hydrogen (secondary N) is 3. The van der Waals surface area contributed by atoms with Gasteiger partial charge in [-0.15, -0.1) is 11.3 Å². The summed E-state index contributed by atoms with van der Waals surface area (Å²) in [5, 5.41) is 10.7. The first kappa shape index (κ1) is 14.5. The number of piperidine rings is 1. The average Bonchev–Trinajstić information content (AvgIpc) is 2.99. The molecule has 22 heavy (non-hydrogen) atoms. The molecule has 3 amide bonds. The van der Waals surface area contributed by atoms with Gasteiger partial charge in [0.2, 0.25) is 5.91 Å². The highest BCUT2D eigenvalue weighted by Crippen LogP contribution is 2.23. The number of pyridine rings is 1. The Morgan fingerprint density at radius 3 is 3.09 bits per heavy atom. The van der Waals surface area contributed by atoms with E-state index in [-0.39, 0.29) is 18.0 Å². The van der Waals surface area contributed by atoms with Crippen molar-refractivity contribution >= 4 is 28.4 Å². The van der Waals surface area contributed by atoms with E-state index in [9.17, 15) is 9.59 Å². The van der Waals surface area contributed by atoms with Gasteiger partial charge in [0.05, 0.1) is 5.69 Å². The molecule has 0 aromatic carbocycles.